The van der Waals surface area contributed by atoms with E-state index in [1.807, 2.05) is 0 Å². The number of nitrogen functional groups attached to an aromatic ring is 1. The first-order valence-corrected chi connectivity index (χ1v) is 5.01. The Morgan fingerprint density at radius 2 is 2.41 bits per heavy atom. The number of fused-ring (bicyclic) bond motifs is 1. The predicted molar refractivity (Wildman–Crippen MR) is 61.8 cm³/mol. The number of rotatable bonds is 3. The van der Waals surface area contributed by atoms with Gasteiger partial charge < -0.3 is 10.5 Å². The van der Waals surface area contributed by atoms with Crippen molar-refractivity contribution in [2.75, 3.05) is 12.3 Å². The first kappa shape index (κ1) is 11.1. The molecule has 0 atom stereocenters. The minimum Gasteiger partial charge on any atom is -0.463 e. The van der Waals surface area contributed by atoms with Crippen molar-refractivity contribution in [2.45, 2.75) is 6.92 Å². The normalized spacial score (nSPS) is 11.1. The number of aromatic nitrogens is 4. The molecule has 0 amide bonds. The van der Waals surface area contributed by atoms with Gasteiger partial charge >= 0.3 is 5.97 Å². The highest BCUT2D eigenvalue weighted by Gasteiger charge is 2.08. The number of hydrogen-bond donors (Lipinski definition) is 2. The molecule has 0 aliphatic rings. The van der Waals surface area contributed by atoms with Crippen molar-refractivity contribution in [3.8, 4) is 0 Å². The summed E-state index contributed by atoms with van der Waals surface area (Å²) in [5, 5.41) is 7.26. The van der Waals surface area contributed by atoms with Gasteiger partial charge in [0, 0.05) is 6.08 Å². The summed E-state index contributed by atoms with van der Waals surface area (Å²) >= 11 is 0. The zero-order chi connectivity index (χ0) is 12.3. The summed E-state index contributed by atoms with van der Waals surface area (Å²) in [6, 6.07) is 0. The highest BCUT2D eigenvalue weighted by molar-refractivity contribution is 5.95. The van der Waals surface area contributed by atoms with Gasteiger partial charge in [-0.15, -0.1) is 0 Å². The molecule has 0 aliphatic heterocycles. The van der Waals surface area contributed by atoms with Crippen LogP contribution >= 0.6 is 0 Å². The van der Waals surface area contributed by atoms with Gasteiger partial charge in [0.1, 0.15) is 12.1 Å². The summed E-state index contributed by atoms with van der Waals surface area (Å²) in [4.78, 5) is 19.0. The molecule has 0 saturated carbocycles. The van der Waals surface area contributed by atoms with E-state index < -0.39 is 5.97 Å². The summed E-state index contributed by atoms with van der Waals surface area (Å²) in [5.74, 6) is -0.113. The van der Waals surface area contributed by atoms with Crippen molar-refractivity contribution in [1.82, 2.24) is 20.2 Å². The molecule has 88 valence electrons. The Hall–Kier alpha value is -2.44. The molecule has 2 rings (SSSR count). The lowest BCUT2D eigenvalue weighted by Crippen LogP contribution is -1.98. The fourth-order valence-electron chi connectivity index (χ4n) is 1.36. The van der Waals surface area contributed by atoms with Crippen LogP contribution in [0.5, 0.6) is 0 Å². The summed E-state index contributed by atoms with van der Waals surface area (Å²) in [6.45, 7) is 2.07. The SMILES string of the molecule is CCOC(=O)C=Cc1[nH]nc2ncnc(N)c12. The number of anilines is 1. The van der Waals surface area contributed by atoms with Gasteiger partial charge in [0.05, 0.1) is 17.7 Å². The number of nitrogens with one attached hydrogen (secondary N) is 1. The highest BCUT2D eigenvalue weighted by Crippen LogP contribution is 2.19. The van der Waals surface area contributed by atoms with E-state index in [-0.39, 0.29) is 0 Å². The van der Waals surface area contributed by atoms with E-state index in [0.29, 0.717) is 29.2 Å². The number of esters is 1. The monoisotopic (exact) mass is 233 g/mol. The zero-order valence-corrected chi connectivity index (χ0v) is 9.17. The van der Waals surface area contributed by atoms with Gasteiger partial charge in [-0.2, -0.15) is 5.10 Å². The van der Waals surface area contributed by atoms with Crippen LogP contribution in [0.4, 0.5) is 5.82 Å². The molecule has 17 heavy (non-hydrogen) atoms. The minimum absolute atomic E-state index is 0.312. The maximum atomic E-state index is 11.2. The molecule has 2 heterocycles. The molecule has 0 aromatic carbocycles. The molecule has 0 spiro atoms. The van der Waals surface area contributed by atoms with Crippen LogP contribution in [0.2, 0.25) is 0 Å². The van der Waals surface area contributed by atoms with Gasteiger partial charge in [-0.25, -0.2) is 14.8 Å². The second-order valence-electron chi connectivity index (χ2n) is 3.18. The third-order valence-corrected chi connectivity index (χ3v) is 2.08. The van der Waals surface area contributed by atoms with Crippen LogP contribution in [0.15, 0.2) is 12.4 Å². The Kier molecular flexibility index (Phi) is 2.99. The van der Waals surface area contributed by atoms with Crippen LogP contribution in [-0.4, -0.2) is 32.7 Å². The van der Waals surface area contributed by atoms with Crippen molar-refractivity contribution in [3.05, 3.63) is 18.1 Å². The molecule has 0 unspecified atom stereocenters. The summed E-state index contributed by atoms with van der Waals surface area (Å²) < 4.78 is 4.76. The van der Waals surface area contributed by atoms with Crippen LogP contribution in [0.1, 0.15) is 12.6 Å². The van der Waals surface area contributed by atoms with Gasteiger partial charge in [-0.3, -0.25) is 5.10 Å². The molecule has 3 N–H and O–H groups in total. The maximum Gasteiger partial charge on any atom is 0.330 e. The third-order valence-electron chi connectivity index (χ3n) is 2.08. The van der Waals surface area contributed by atoms with E-state index in [4.69, 9.17) is 10.5 Å². The van der Waals surface area contributed by atoms with Crippen molar-refractivity contribution < 1.29 is 9.53 Å². The lowest BCUT2D eigenvalue weighted by Gasteiger charge is -1.95. The molecule has 0 fully saturated rings. The van der Waals surface area contributed by atoms with Crippen LogP contribution < -0.4 is 5.73 Å². The second-order valence-corrected chi connectivity index (χ2v) is 3.18. The van der Waals surface area contributed by atoms with E-state index in [0.717, 1.165) is 0 Å². The van der Waals surface area contributed by atoms with Crippen LogP contribution in [-0.2, 0) is 9.53 Å². The smallest absolute Gasteiger partial charge is 0.330 e. The lowest BCUT2D eigenvalue weighted by molar-refractivity contribution is -0.137. The Balaban J connectivity index is 2.34. The number of hydrogen-bond acceptors (Lipinski definition) is 6. The number of carbonyl (C=O) groups is 1. The van der Waals surface area contributed by atoms with E-state index in [1.54, 1.807) is 6.92 Å². The van der Waals surface area contributed by atoms with E-state index in [9.17, 15) is 4.79 Å². The second kappa shape index (κ2) is 4.60. The first-order valence-electron chi connectivity index (χ1n) is 5.01. The Morgan fingerprint density at radius 1 is 1.59 bits per heavy atom. The van der Waals surface area contributed by atoms with E-state index >= 15 is 0 Å². The lowest BCUT2D eigenvalue weighted by atomic mass is 10.2. The van der Waals surface area contributed by atoms with Gasteiger partial charge in [-0.1, -0.05) is 0 Å². The fourth-order valence-corrected chi connectivity index (χ4v) is 1.36. The molecule has 0 saturated heterocycles. The number of ether oxygens (including phenoxy) is 1. The molecular weight excluding hydrogens is 222 g/mol. The van der Waals surface area contributed by atoms with E-state index in [1.165, 1.54) is 18.5 Å². The number of aromatic amines is 1. The average molecular weight is 233 g/mol. The molecule has 0 radical (unpaired) electrons. The van der Waals surface area contributed by atoms with Crippen molar-refractivity contribution in [2.24, 2.45) is 0 Å². The van der Waals surface area contributed by atoms with Crippen LogP contribution in [0, 0.1) is 0 Å². The molecular formula is C10H11N5O2. The Bertz CT molecular complexity index is 575. The molecule has 2 aromatic rings. The molecule has 7 heteroatoms. The summed E-state index contributed by atoms with van der Waals surface area (Å²) in [7, 11) is 0. The van der Waals surface area contributed by atoms with Gasteiger partial charge in [-0.05, 0) is 13.0 Å². The third kappa shape index (κ3) is 2.22. The topological polar surface area (TPSA) is 107 Å². The van der Waals surface area contributed by atoms with Gasteiger partial charge in [0.15, 0.2) is 5.65 Å². The number of nitrogens with zero attached hydrogens (tertiary/aromatic N) is 3. The fraction of sp³-hybridized carbons (Fsp3) is 0.200. The largest absolute Gasteiger partial charge is 0.463 e. The summed E-state index contributed by atoms with van der Waals surface area (Å²) in [5.41, 5.74) is 6.74. The van der Waals surface area contributed by atoms with Crippen molar-refractivity contribution in [1.29, 1.82) is 0 Å². The minimum atomic E-state index is -0.425. The standard InChI is InChI=1S/C10H11N5O2/c1-2-17-7(16)4-3-6-8-9(11)12-5-13-10(8)15-14-6/h3-5H,2H2,1H3,(H3,11,12,13,14,15). The molecule has 0 bridgehead atoms. The Morgan fingerprint density at radius 3 is 3.18 bits per heavy atom. The number of nitrogens with two attached hydrogens (primary N) is 1. The number of carbonyl (C=O) groups excluding carboxylic acids is 1. The van der Waals surface area contributed by atoms with Crippen molar-refractivity contribution in [3.63, 3.8) is 0 Å². The van der Waals surface area contributed by atoms with E-state index in [2.05, 4.69) is 20.2 Å². The predicted octanol–water partition coefficient (Wildman–Crippen LogP) is 0.511. The van der Waals surface area contributed by atoms with Crippen LogP contribution in [0.3, 0.4) is 0 Å². The average Bonchev–Trinajstić information content (AvgIpc) is 2.71. The van der Waals surface area contributed by atoms with Crippen molar-refractivity contribution >= 4 is 28.9 Å². The molecule has 7 nitrogen and oxygen atoms in total. The quantitative estimate of drug-likeness (QED) is 0.591. The zero-order valence-electron chi connectivity index (χ0n) is 9.17. The Labute approximate surface area is 96.7 Å². The first-order chi connectivity index (χ1) is 8.22. The van der Waals surface area contributed by atoms with Gasteiger partial charge in [0.2, 0.25) is 0 Å². The molecule has 2 aromatic heterocycles. The highest BCUT2D eigenvalue weighted by atomic mass is 16.5. The van der Waals surface area contributed by atoms with Gasteiger partial charge in [0.25, 0.3) is 0 Å². The molecule has 0 aliphatic carbocycles. The summed E-state index contributed by atoms with van der Waals surface area (Å²) in [6.07, 6.45) is 4.16. The maximum absolute atomic E-state index is 11.2. The van der Waals surface area contributed by atoms with Crippen LogP contribution in [0.25, 0.3) is 17.1 Å². The number of H-pyrrole nitrogens is 1.